The number of benzene rings is 1. The van der Waals surface area contributed by atoms with Crippen molar-refractivity contribution in [3.8, 4) is 5.88 Å². The maximum atomic E-state index is 10.9. The Morgan fingerprint density at radius 3 is 2.90 bits per heavy atom. The van der Waals surface area contributed by atoms with Gasteiger partial charge in [-0.3, -0.25) is 10.1 Å². The lowest BCUT2D eigenvalue weighted by atomic mass is 10.1. The van der Waals surface area contributed by atoms with E-state index in [1.807, 2.05) is 12.1 Å². The fraction of sp³-hybridized carbons (Fsp3) is 0.214. The molecule has 2 rings (SSSR count). The number of nitro groups is 1. The highest BCUT2D eigenvalue weighted by Gasteiger charge is 2.11. The molecule has 0 atom stereocenters. The van der Waals surface area contributed by atoms with Crippen molar-refractivity contribution in [2.24, 2.45) is 0 Å². The molecule has 0 unspecified atom stereocenters. The molecule has 0 spiro atoms. The lowest BCUT2D eigenvalue weighted by molar-refractivity contribution is -0.385. The van der Waals surface area contributed by atoms with Gasteiger partial charge in [0.25, 0.3) is 5.69 Å². The third-order valence-electron chi connectivity index (χ3n) is 2.92. The van der Waals surface area contributed by atoms with E-state index in [1.165, 1.54) is 0 Å². The van der Waals surface area contributed by atoms with Crippen LogP contribution in [0.3, 0.4) is 0 Å². The van der Waals surface area contributed by atoms with Crippen LogP contribution in [-0.4, -0.2) is 17.0 Å². The molecule has 1 aromatic carbocycles. The van der Waals surface area contributed by atoms with E-state index in [4.69, 9.17) is 4.74 Å². The maximum Gasteiger partial charge on any atom is 0.272 e. The summed E-state index contributed by atoms with van der Waals surface area (Å²) < 4.78 is 5.13. The summed E-state index contributed by atoms with van der Waals surface area (Å²) in [7, 11) is 1.55. The summed E-state index contributed by atoms with van der Waals surface area (Å²) in [6.07, 6.45) is 1.64. The average Bonchev–Trinajstić information content (AvgIpc) is 2.46. The second-order valence-corrected chi connectivity index (χ2v) is 4.29. The highest BCUT2D eigenvalue weighted by molar-refractivity contribution is 5.53. The van der Waals surface area contributed by atoms with Gasteiger partial charge in [-0.25, -0.2) is 4.98 Å². The number of nitrogens with zero attached hydrogens (tertiary/aromatic N) is 2. The first-order valence-corrected chi connectivity index (χ1v) is 6.08. The molecule has 0 fully saturated rings. The van der Waals surface area contributed by atoms with Gasteiger partial charge in [-0.2, -0.15) is 0 Å². The first-order chi connectivity index (χ1) is 9.61. The minimum absolute atomic E-state index is 0.127. The molecule has 1 N–H and O–H groups in total. The van der Waals surface area contributed by atoms with Crippen LogP contribution in [0.4, 0.5) is 11.4 Å². The van der Waals surface area contributed by atoms with Crippen molar-refractivity contribution >= 4 is 11.4 Å². The highest BCUT2D eigenvalue weighted by atomic mass is 16.6. The molecule has 0 amide bonds. The van der Waals surface area contributed by atoms with Crippen molar-refractivity contribution < 1.29 is 9.66 Å². The Labute approximate surface area is 116 Å². The van der Waals surface area contributed by atoms with Crippen molar-refractivity contribution in [2.45, 2.75) is 13.5 Å². The smallest absolute Gasteiger partial charge is 0.272 e. The van der Waals surface area contributed by atoms with E-state index in [0.29, 0.717) is 18.0 Å². The fourth-order valence-corrected chi connectivity index (χ4v) is 1.85. The summed E-state index contributed by atoms with van der Waals surface area (Å²) in [6, 6.07) is 8.82. The topological polar surface area (TPSA) is 77.3 Å². The molecule has 1 aromatic heterocycles. The number of aromatic nitrogens is 1. The van der Waals surface area contributed by atoms with Crippen LogP contribution in [-0.2, 0) is 6.54 Å². The maximum absolute atomic E-state index is 10.9. The molecule has 0 aliphatic heterocycles. The number of nitro benzene ring substituents is 1. The molecule has 20 heavy (non-hydrogen) atoms. The number of aryl methyl sites for hydroxylation is 1. The summed E-state index contributed by atoms with van der Waals surface area (Å²) in [6.45, 7) is 2.18. The van der Waals surface area contributed by atoms with Gasteiger partial charge in [0.1, 0.15) is 0 Å². The zero-order valence-electron chi connectivity index (χ0n) is 11.3. The molecule has 1 heterocycles. The Bertz CT molecular complexity index is 629. The molecule has 6 nitrogen and oxygen atoms in total. The van der Waals surface area contributed by atoms with Crippen LogP contribution in [0.5, 0.6) is 5.88 Å². The second kappa shape index (κ2) is 6.01. The molecule has 0 saturated heterocycles. The van der Waals surface area contributed by atoms with Crippen LogP contribution in [0.2, 0.25) is 0 Å². The summed E-state index contributed by atoms with van der Waals surface area (Å²) >= 11 is 0. The molecule has 104 valence electrons. The van der Waals surface area contributed by atoms with Crippen molar-refractivity contribution in [1.82, 2.24) is 4.98 Å². The average molecular weight is 273 g/mol. The highest BCUT2D eigenvalue weighted by Crippen LogP contribution is 2.23. The largest absolute Gasteiger partial charge is 0.480 e. The first kappa shape index (κ1) is 13.8. The van der Waals surface area contributed by atoms with Gasteiger partial charge in [0.15, 0.2) is 0 Å². The van der Waals surface area contributed by atoms with Gasteiger partial charge in [-0.1, -0.05) is 12.1 Å². The van der Waals surface area contributed by atoms with E-state index in [-0.39, 0.29) is 10.6 Å². The second-order valence-electron chi connectivity index (χ2n) is 4.29. The van der Waals surface area contributed by atoms with E-state index in [0.717, 1.165) is 11.3 Å². The minimum atomic E-state index is -0.372. The first-order valence-electron chi connectivity index (χ1n) is 6.08. The van der Waals surface area contributed by atoms with Crippen molar-refractivity contribution in [3.05, 3.63) is 57.8 Å². The molecule has 0 radical (unpaired) electrons. The van der Waals surface area contributed by atoms with Crippen LogP contribution < -0.4 is 10.1 Å². The van der Waals surface area contributed by atoms with Crippen LogP contribution in [0, 0.1) is 17.0 Å². The van der Waals surface area contributed by atoms with Crippen LogP contribution in [0.15, 0.2) is 36.5 Å². The lowest BCUT2D eigenvalue weighted by Crippen LogP contribution is -2.03. The number of rotatable bonds is 5. The van der Waals surface area contributed by atoms with Crippen molar-refractivity contribution in [3.63, 3.8) is 0 Å². The molecule has 2 aromatic rings. The van der Waals surface area contributed by atoms with Gasteiger partial charge in [0.2, 0.25) is 5.88 Å². The fourth-order valence-electron chi connectivity index (χ4n) is 1.85. The molecule has 0 aliphatic rings. The van der Waals surface area contributed by atoms with Gasteiger partial charge in [-0.05, 0) is 24.6 Å². The van der Waals surface area contributed by atoms with Gasteiger partial charge in [0, 0.05) is 24.4 Å². The number of hydrogen-bond acceptors (Lipinski definition) is 5. The Morgan fingerprint density at radius 1 is 1.40 bits per heavy atom. The van der Waals surface area contributed by atoms with Gasteiger partial charge < -0.3 is 10.1 Å². The minimum Gasteiger partial charge on any atom is -0.480 e. The Morgan fingerprint density at radius 2 is 2.20 bits per heavy atom. The Hall–Kier alpha value is -2.63. The molecule has 0 saturated carbocycles. The SMILES string of the molecule is COc1ncccc1NCc1ccc(C)c([N+](=O)[O-])c1. The summed E-state index contributed by atoms with van der Waals surface area (Å²) in [5, 5.41) is 14.1. The van der Waals surface area contributed by atoms with E-state index < -0.39 is 0 Å². The molecular weight excluding hydrogens is 258 g/mol. The third-order valence-corrected chi connectivity index (χ3v) is 2.92. The summed E-state index contributed by atoms with van der Waals surface area (Å²) in [5.41, 5.74) is 2.35. The quantitative estimate of drug-likeness (QED) is 0.669. The summed E-state index contributed by atoms with van der Waals surface area (Å²) in [4.78, 5) is 14.6. The van der Waals surface area contributed by atoms with Gasteiger partial charge in [0.05, 0.1) is 17.7 Å². The number of methoxy groups -OCH3 is 1. The van der Waals surface area contributed by atoms with Crippen LogP contribution >= 0.6 is 0 Å². The third kappa shape index (κ3) is 3.03. The molecule has 0 bridgehead atoms. The Kier molecular flexibility index (Phi) is 4.14. The number of nitrogens with one attached hydrogen (secondary N) is 1. The lowest BCUT2D eigenvalue weighted by Gasteiger charge is -2.10. The molecule has 6 heteroatoms. The predicted molar refractivity (Wildman–Crippen MR) is 75.9 cm³/mol. The van der Waals surface area contributed by atoms with E-state index in [1.54, 1.807) is 38.4 Å². The molecular formula is C14H15N3O3. The van der Waals surface area contributed by atoms with Gasteiger partial charge in [-0.15, -0.1) is 0 Å². The van der Waals surface area contributed by atoms with Crippen LogP contribution in [0.1, 0.15) is 11.1 Å². The number of hydrogen-bond donors (Lipinski definition) is 1. The predicted octanol–water partition coefficient (Wildman–Crippen LogP) is 2.92. The number of ether oxygens (including phenoxy) is 1. The monoisotopic (exact) mass is 273 g/mol. The van der Waals surface area contributed by atoms with Crippen molar-refractivity contribution in [1.29, 1.82) is 0 Å². The zero-order valence-corrected chi connectivity index (χ0v) is 11.3. The van der Waals surface area contributed by atoms with E-state index in [9.17, 15) is 10.1 Å². The van der Waals surface area contributed by atoms with Crippen molar-refractivity contribution in [2.75, 3.05) is 12.4 Å². The summed E-state index contributed by atoms with van der Waals surface area (Å²) in [5.74, 6) is 0.495. The zero-order chi connectivity index (χ0) is 14.5. The van der Waals surface area contributed by atoms with Crippen LogP contribution in [0.25, 0.3) is 0 Å². The molecule has 0 aliphatic carbocycles. The van der Waals surface area contributed by atoms with E-state index >= 15 is 0 Å². The standard InChI is InChI=1S/C14H15N3O3/c1-10-5-6-11(8-13(10)17(18)19)9-16-12-4-3-7-15-14(12)20-2/h3-8,16H,9H2,1-2H3. The van der Waals surface area contributed by atoms with E-state index in [2.05, 4.69) is 10.3 Å². The van der Waals surface area contributed by atoms with Gasteiger partial charge >= 0.3 is 0 Å². The number of pyridine rings is 1. The number of anilines is 1. The normalized spacial score (nSPS) is 10.1. The Balaban J connectivity index is 2.15.